The van der Waals surface area contributed by atoms with Crippen molar-refractivity contribution >= 4 is 23.2 Å². The van der Waals surface area contributed by atoms with Gasteiger partial charge in [-0.05, 0) is 31.5 Å². The van der Waals surface area contributed by atoms with Gasteiger partial charge in [-0.25, -0.2) is 0 Å². The molecule has 3 rings (SSSR count). The second kappa shape index (κ2) is 10.3. The Labute approximate surface area is 194 Å². The van der Waals surface area contributed by atoms with Crippen molar-refractivity contribution in [1.82, 2.24) is 10.6 Å². The normalized spacial score (nSPS) is 11.4. The van der Waals surface area contributed by atoms with E-state index in [2.05, 4.69) is 10.6 Å². The number of hydrogen-bond acceptors (Lipinski definition) is 6. The zero-order valence-electron chi connectivity index (χ0n) is 18.5. The molecule has 34 heavy (non-hydrogen) atoms. The van der Waals surface area contributed by atoms with E-state index in [4.69, 9.17) is 0 Å². The zero-order chi connectivity index (χ0) is 24.8. The fraction of sp³-hybridized carbons (Fsp3) is 0.167. The summed E-state index contributed by atoms with van der Waals surface area (Å²) < 4.78 is 0. The van der Waals surface area contributed by atoms with Gasteiger partial charge in [0, 0.05) is 40.9 Å². The van der Waals surface area contributed by atoms with Gasteiger partial charge in [-0.2, -0.15) is 0 Å². The highest BCUT2D eigenvalue weighted by Crippen LogP contribution is 2.23. The molecular weight excluding hydrogens is 440 g/mol. The van der Waals surface area contributed by atoms with Crippen molar-refractivity contribution in [2.45, 2.75) is 19.9 Å². The molecule has 0 saturated carbocycles. The topological polar surface area (TPSA) is 144 Å². The average Bonchev–Trinajstić information content (AvgIpc) is 2.81. The highest BCUT2D eigenvalue weighted by atomic mass is 16.6. The number of amides is 2. The summed E-state index contributed by atoms with van der Waals surface area (Å²) in [6.07, 6.45) is 0. The lowest BCUT2D eigenvalue weighted by molar-refractivity contribution is -0.385. The van der Waals surface area contributed by atoms with Gasteiger partial charge in [-0.3, -0.25) is 29.8 Å². The summed E-state index contributed by atoms with van der Waals surface area (Å²) in [5.74, 6) is -1.06. The number of carbonyl (C=O) groups is 2. The molecule has 0 unspecified atom stereocenters. The molecule has 0 aliphatic carbocycles. The number of benzene rings is 3. The number of nitro groups is 2. The molecule has 0 aliphatic heterocycles. The van der Waals surface area contributed by atoms with Crippen LogP contribution in [0, 0.1) is 34.1 Å². The predicted molar refractivity (Wildman–Crippen MR) is 125 cm³/mol. The summed E-state index contributed by atoms with van der Waals surface area (Å²) >= 11 is 0. The van der Waals surface area contributed by atoms with E-state index >= 15 is 0 Å². The molecular formula is C24H22N4O6. The fourth-order valence-corrected chi connectivity index (χ4v) is 3.60. The number of hydrogen-bond donors (Lipinski definition) is 2. The Morgan fingerprint density at radius 1 is 0.765 bits per heavy atom. The molecule has 0 aromatic heterocycles. The van der Waals surface area contributed by atoms with Crippen molar-refractivity contribution in [3.63, 3.8) is 0 Å². The molecule has 3 aromatic rings. The van der Waals surface area contributed by atoms with E-state index in [9.17, 15) is 29.8 Å². The average molecular weight is 462 g/mol. The Bertz CT molecular complexity index is 1260. The Hall–Kier alpha value is -4.60. The second-order valence-corrected chi connectivity index (χ2v) is 7.56. The quantitative estimate of drug-likeness (QED) is 0.382. The van der Waals surface area contributed by atoms with Crippen molar-refractivity contribution in [2.75, 3.05) is 6.54 Å². The lowest BCUT2D eigenvalue weighted by Gasteiger charge is -2.21. The lowest BCUT2D eigenvalue weighted by atomic mass is 10.0. The Kier molecular flexibility index (Phi) is 7.32. The summed E-state index contributed by atoms with van der Waals surface area (Å²) in [6, 6.07) is 16.7. The van der Waals surface area contributed by atoms with Crippen molar-refractivity contribution in [3.8, 4) is 0 Å². The van der Waals surface area contributed by atoms with E-state index < -0.39 is 27.7 Å². The van der Waals surface area contributed by atoms with Crippen LogP contribution in [0.1, 0.15) is 43.4 Å². The van der Waals surface area contributed by atoms with Gasteiger partial charge >= 0.3 is 0 Å². The highest BCUT2D eigenvalue weighted by Gasteiger charge is 2.23. The number of rotatable bonds is 8. The Morgan fingerprint density at radius 2 is 1.26 bits per heavy atom. The van der Waals surface area contributed by atoms with Crippen LogP contribution in [0.15, 0.2) is 66.7 Å². The molecule has 174 valence electrons. The molecule has 3 aromatic carbocycles. The maximum atomic E-state index is 13.0. The van der Waals surface area contributed by atoms with Crippen molar-refractivity contribution in [1.29, 1.82) is 0 Å². The van der Waals surface area contributed by atoms with Crippen LogP contribution in [0.25, 0.3) is 0 Å². The maximum Gasteiger partial charge on any atom is 0.273 e. The SMILES string of the molecule is Cc1c(C(=O)NC[C@H](NC(=O)c2cccc([N+](=O)[O-])c2C)c2ccccc2)cccc1[N+](=O)[O-]. The van der Waals surface area contributed by atoms with E-state index in [1.165, 1.54) is 50.2 Å². The van der Waals surface area contributed by atoms with E-state index in [1.54, 1.807) is 30.3 Å². The molecule has 10 nitrogen and oxygen atoms in total. The van der Waals surface area contributed by atoms with Crippen LogP contribution in [0.2, 0.25) is 0 Å². The van der Waals surface area contributed by atoms with E-state index in [0.717, 1.165) is 0 Å². The second-order valence-electron chi connectivity index (χ2n) is 7.56. The third kappa shape index (κ3) is 5.23. The first-order valence-corrected chi connectivity index (χ1v) is 10.3. The lowest BCUT2D eigenvalue weighted by Crippen LogP contribution is -2.38. The third-order valence-electron chi connectivity index (χ3n) is 5.47. The molecule has 0 saturated heterocycles. The summed E-state index contributed by atoms with van der Waals surface area (Å²) in [7, 11) is 0. The number of nitro benzene ring substituents is 2. The summed E-state index contributed by atoms with van der Waals surface area (Å²) in [5.41, 5.74) is 1.14. The predicted octanol–water partition coefficient (Wildman–Crippen LogP) is 4.02. The molecule has 10 heteroatoms. The monoisotopic (exact) mass is 462 g/mol. The van der Waals surface area contributed by atoms with Gasteiger partial charge in [-0.1, -0.05) is 42.5 Å². The van der Waals surface area contributed by atoms with E-state index in [1.807, 2.05) is 0 Å². The Balaban J connectivity index is 1.84. The van der Waals surface area contributed by atoms with Gasteiger partial charge in [0.15, 0.2) is 0 Å². The summed E-state index contributed by atoms with van der Waals surface area (Å²) in [4.78, 5) is 47.1. The molecule has 0 radical (unpaired) electrons. The first kappa shape index (κ1) is 24.1. The van der Waals surface area contributed by atoms with Crippen LogP contribution >= 0.6 is 0 Å². The van der Waals surface area contributed by atoms with Crippen LogP contribution in [-0.2, 0) is 0 Å². The van der Waals surface area contributed by atoms with Crippen molar-refractivity contribution in [2.24, 2.45) is 0 Å². The van der Waals surface area contributed by atoms with Crippen LogP contribution in [0.4, 0.5) is 11.4 Å². The highest BCUT2D eigenvalue weighted by molar-refractivity contribution is 5.98. The molecule has 0 heterocycles. The molecule has 0 bridgehead atoms. The van der Waals surface area contributed by atoms with Gasteiger partial charge < -0.3 is 10.6 Å². The van der Waals surface area contributed by atoms with Gasteiger partial charge in [-0.15, -0.1) is 0 Å². The first-order valence-electron chi connectivity index (χ1n) is 10.3. The van der Waals surface area contributed by atoms with E-state index in [0.29, 0.717) is 5.56 Å². The van der Waals surface area contributed by atoms with Crippen molar-refractivity contribution < 1.29 is 19.4 Å². The van der Waals surface area contributed by atoms with Crippen LogP contribution < -0.4 is 10.6 Å². The summed E-state index contributed by atoms with van der Waals surface area (Å²) in [6.45, 7) is 2.98. The standard InChI is InChI=1S/C24H22N4O6/c1-15-18(10-6-12-21(15)27(31)32)23(29)25-14-20(17-8-4-3-5-9-17)26-24(30)19-11-7-13-22(16(19)2)28(33)34/h3-13,20H,14H2,1-2H3,(H,25,29)(H,26,30)/t20-/m0/s1. The molecule has 1 atom stereocenters. The maximum absolute atomic E-state index is 13.0. The van der Waals surface area contributed by atoms with Gasteiger partial charge in [0.05, 0.1) is 15.9 Å². The molecule has 2 amide bonds. The van der Waals surface area contributed by atoms with E-state index in [-0.39, 0.29) is 40.2 Å². The third-order valence-corrected chi connectivity index (χ3v) is 5.47. The summed E-state index contributed by atoms with van der Waals surface area (Å²) in [5, 5.41) is 28.0. The molecule has 0 fully saturated rings. The zero-order valence-corrected chi connectivity index (χ0v) is 18.5. The minimum Gasteiger partial charge on any atom is -0.350 e. The van der Waals surface area contributed by atoms with Crippen LogP contribution in [-0.4, -0.2) is 28.2 Å². The molecule has 0 spiro atoms. The number of carbonyl (C=O) groups excluding carboxylic acids is 2. The van der Waals surface area contributed by atoms with Crippen LogP contribution in [0.5, 0.6) is 0 Å². The number of nitrogens with one attached hydrogen (secondary N) is 2. The van der Waals surface area contributed by atoms with Crippen LogP contribution in [0.3, 0.4) is 0 Å². The minimum atomic E-state index is -0.657. The number of nitrogens with zero attached hydrogens (tertiary/aromatic N) is 2. The fourth-order valence-electron chi connectivity index (χ4n) is 3.60. The smallest absolute Gasteiger partial charge is 0.273 e. The van der Waals surface area contributed by atoms with Gasteiger partial charge in [0.25, 0.3) is 23.2 Å². The van der Waals surface area contributed by atoms with Gasteiger partial charge in [0.1, 0.15) is 0 Å². The Morgan fingerprint density at radius 3 is 1.76 bits per heavy atom. The minimum absolute atomic E-state index is 0.00923. The molecule has 2 N–H and O–H groups in total. The largest absolute Gasteiger partial charge is 0.350 e. The van der Waals surface area contributed by atoms with Crippen molar-refractivity contribution in [3.05, 3.63) is 115 Å². The van der Waals surface area contributed by atoms with Gasteiger partial charge in [0.2, 0.25) is 0 Å². The molecule has 0 aliphatic rings. The first-order chi connectivity index (χ1) is 16.2.